The van der Waals surface area contributed by atoms with E-state index in [1.165, 1.54) is 11.1 Å². The molecule has 0 amide bonds. The van der Waals surface area contributed by atoms with Gasteiger partial charge in [0, 0.05) is 19.2 Å². The summed E-state index contributed by atoms with van der Waals surface area (Å²) in [6.45, 7) is 0.529. The van der Waals surface area contributed by atoms with E-state index in [1.807, 2.05) is 36.0 Å². The molecule has 0 aliphatic heterocycles. The third-order valence-corrected chi connectivity index (χ3v) is 5.50. The second kappa shape index (κ2) is 9.47. The van der Waals surface area contributed by atoms with Crippen molar-refractivity contribution in [2.24, 2.45) is 7.05 Å². The number of ether oxygens (including phenoxy) is 3. The smallest absolute Gasteiger partial charge is 0.203 e. The summed E-state index contributed by atoms with van der Waals surface area (Å²) >= 11 is 0. The first-order chi connectivity index (χ1) is 15.7. The van der Waals surface area contributed by atoms with E-state index in [1.54, 1.807) is 21.3 Å². The fourth-order valence-corrected chi connectivity index (χ4v) is 3.78. The number of benzene rings is 3. The average Bonchev–Trinajstić information content (AvgIpc) is 3.22. The second-order valence-corrected chi connectivity index (χ2v) is 7.32. The number of rotatable bonds is 8. The Kier molecular flexibility index (Phi) is 6.31. The van der Waals surface area contributed by atoms with Crippen LogP contribution in [0.3, 0.4) is 0 Å². The molecular formula is C26H27N3O3. The molecule has 0 aliphatic carbocycles. The van der Waals surface area contributed by atoms with Crippen molar-refractivity contribution in [3.63, 3.8) is 0 Å². The number of nitrogens with zero attached hydrogens (tertiary/aromatic N) is 2. The second-order valence-electron chi connectivity index (χ2n) is 7.32. The molecule has 0 fully saturated rings. The minimum absolute atomic E-state index is 0.529. The summed E-state index contributed by atoms with van der Waals surface area (Å²) in [5.41, 5.74) is 5.48. The molecule has 6 heteroatoms. The van der Waals surface area contributed by atoms with Gasteiger partial charge in [-0.1, -0.05) is 54.6 Å². The Hall–Kier alpha value is -3.93. The Balaban J connectivity index is 1.53. The maximum Gasteiger partial charge on any atom is 0.203 e. The van der Waals surface area contributed by atoms with Crippen molar-refractivity contribution < 1.29 is 14.2 Å². The van der Waals surface area contributed by atoms with Crippen molar-refractivity contribution in [1.82, 2.24) is 9.55 Å². The molecule has 4 aromatic rings. The average molecular weight is 430 g/mol. The van der Waals surface area contributed by atoms with E-state index >= 15 is 0 Å². The first-order valence-electron chi connectivity index (χ1n) is 10.4. The number of methoxy groups -OCH3 is 3. The molecule has 164 valence electrons. The van der Waals surface area contributed by atoms with Crippen LogP contribution in [0.1, 0.15) is 5.56 Å². The Bertz CT molecular complexity index is 1190. The van der Waals surface area contributed by atoms with Gasteiger partial charge in [0.2, 0.25) is 11.7 Å². The summed E-state index contributed by atoms with van der Waals surface area (Å²) in [7, 11) is 6.84. The summed E-state index contributed by atoms with van der Waals surface area (Å²) in [6, 6.07) is 22.7. The lowest BCUT2D eigenvalue weighted by molar-refractivity contribution is 0.322. The number of hydrogen-bond donors (Lipinski definition) is 1. The number of imidazole rings is 1. The monoisotopic (exact) mass is 429 g/mol. The van der Waals surface area contributed by atoms with Crippen molar-refractivity contribution in [3.05, 3.63) is 78.5 Å². The highest BCUT2D eigenvalue weighted by Gasteiger charge is 2.16. The molecule has 1 N–H and O–H groups in total. The maximum atomic E-state index is 5.58. The lowest BCUT2D eigenvalue weighted by atomic mass is 10.0. The van der Waals surface area contributed by atoms with E-state index in [2.05, 4.69) is 58.8 Å². The fourth-order valence-electron chi connectivity index (χ4n) is 3.78. The lowest BCUT2D eigenvalue weighted by Gasteiger charge is -2.16. The van der Waals surface area contributed by atoms with E-state index in [9.17, 15) is 0 Å². The lowest BCUT2D eigenvalue weighted by Crippen LogP contribution is -2.07. The van der Waals surface area contributed by atoms with Gasteiger partial charge in [-0.2, -0.15) is 0 Å². The van der Waals surface area contributed by atoms with Crippen LogP contribution in [0.2, 0.25) is 0 Å². The molecule has 0 saturated heterocycles. The van der Waals surface area contributed by atoms with Crippen molar-refractivity contribution in [3.8, 4) is 39.6 Å². The Morgan fingerprint density at radius 2 is 1.41 bits per heavy atom. The van der Waals surface area contributed by atoms with Crippen LogP contribution in [-0.2, 0) is 13.6 Å². The molecule has 0 atom stereocenters. The van der Waals surface area contributed by atoms with Gasteiger partial charge in [-0.25, -0.2) is 4.98 Å². The van der Waals surface area contributed by atoms with Gasteiger partial charge < -0.3 is 24.1 Å². The van der Waals surface area contributed by atoms with Gasteiger partial charge in [0.1, 0.15) is 0 Å². The molecule has 0 spiro atoms. The molecule has 1 heterocycles. The van der Waals surface area contributed by atoms with Crippen LogP contribution >= 0.6 is 0 Å². The van der Waals surface area contributed by atoms with Crippen molar-refractivity contribution in [2.45, 2.75) is 6.54 Å². The minimum atomic E-state index is 0.529. The molecule has 0 bridgehead atoms. The summed E-state index contributed by atoms with van der Waals surface area (Å²) < 4.78 is 18.5. The summed E-state index contributed by atoms with van der Waals surface area (Å²) in [6.07, 6.45) is 1.88. The zero-order valence-corrected chi connectivity index (χ0v) is 18.8. The highest BCUT2D eigenvalue weighted by atomic mass is 16.5. The minimum Gasteiger partial charge on any atom is -0.493 e. The largest absolute Gasteiger partial charge is 0.493 e. The third-order valence-electron chi connectivity index (χ3n) is 5.50. The van der Waals surface area contributed by atoms with Crippen LogP contribution in [0.5, 0.6) is 17.2 Å². The van der Waals surface area contributed by atoms with Crippen molar-refractivity contribution >= 4 is 5.95 Å². The first-order valence-corrected chi connectivity index (χ1v) is 10.4. The summed E-state index contributed by atoms with van der Waals surface area (Å²) in [5.74, 6) is 2.62. The predicted molar refractivity (Wildman–Crippen MR) is 128 cm³/mol. The molecular weight excluding hydrogens is 402 g/mol. The molecule has 32 heavy (non-hydrogen) atoms. The Labute approximate surface area is 188 Å². The number of nitrogens with one attached hydrogen (secondary N) is 1. The Morgan fingerprint density at radius 3 is 2.06 bits per heavy atom. The number of hydrogen-bond acceptors (Lipinski definition) is 5. The van der Waals surface area contributed by atoms with Gasteiger partial charge in [0.05, 0.1) is 33.2 Å². The SMILES string of the molecule is COc1ccc(CNc2ncc(-c3ccc(-c4ccccc4)cc3)n2C)c(OC)c1OC. The number of aromatic nitrogens is 2. The van der Waals surface area contributed by atoms with Crippen LogP contribution in [0, 0.1) is 0 Å². The van der Waals surface area contributed by atoms with Gasteiger partial charge >= 0.3 is 0 Å². The van der Waals surface area contributed by atoms with Crippen LogP contribution in [0.15, 0.2) is 72.9 Å². The van der Waals surface area contributed by atoms with Crippen LogP contribution in [0.4, 0.5) is 5.95 Å². The topological polar surface area (TPSA) is 57.5 Å². The summed E-state index contributed by atoms with van der Waals surface area (Å²) in [5, 5.41) is 3.40. The van der Waals surface area contributed by atoms with Gasteiger partial charge in [0.15, 0.2) is 11.5 Å². The summed E-state index contributed by atoms with van der Waals surface area (Å²) in [4.78, 5) is 4.57. The van der Waals surface area contributed by atoms with Crippen LogP contribution < -0.4 is 19.5 Å². The van der Waals surface area contributed by atoms with Gasteiger partial charge in [-0.3, -0.25) is 0 Å². The molecule has 3 aromatic carbocycles. The van der Waals surface area contributed by atoms with E-state index in [0.717, 1.165) is 22.8 Å². The standard InChI is InChI=1S/C26H27N3O3/c1-29-22(20-12-10-19(11-13-20)18-8-6-5-7-9-18)17-28-26(29)27-16-21-14-15-23(30-2)25(32-4)24(21)31-3/h5-15,17H,16H2,1-4H3,(H,27,28). The highest BCUT2D eigenvalue weighted by Crippen LogP contribution is 2.40. The fraction of sp³-hybridized carbons (Fsp3) is 0.192. The zero-order valence-electron chi connectivity index (χ0n) is 18.8. The van der Waals surface area contributed by atoms with E-state index in [0.29, 0.717) is 23.8 Å². The number of anilines is 1. The maximum absolute atomic E-state index is 5.58. The van der Waals surface area contributed by atoms with Crippen molar-refractivity contribution in [1.29, 1.82) is 0 Å². The molecule has 4 rings (SSSR count). The van der Waals surface area contributed by atoms with Crippen LogP contribution in [-0.4, -0.2) is 30.9 Å². The quantitative estimate of drug-likeness (QED) is 0.407. The molecule has 0 saturated carbocycles. The van der Waals surface area contributed by atoms with E-state index < -0.39 is 0 Å². The zero-order chi connectivity index (χ0) is 22.5. The Morgan fingerprint density at radius 1 is 0.750 bits per heavy atom. The first kappa shape index (κ1) is 21.3. The molecule has 6 nitrogen and oxygen atoms in total. The van der Waals surface area contributed by atoms with Crippen LogP contribution in [0.25, 0.3) is 22.4 Å². The highest BCUT2D eigenvalue weighted by molar-refractivity contribution is 5.69. The molecule has 0 radical (unpaired) electrons. The van der Waals surface area contributed by atoms with Gasteiger partial charge in [-0.15, -0.1) is 0 Å². The predicted octanol–water partition coefficient (Wildman–Crippen LogP) is 5.39. The third kappa shape index (κ3) is 4.12. The van der Waals surface area contributed by atoms with E-state index in [-0.39, 0.29) is 0 Å². The van der Waals surface area contributed by atoms with Gasteiger partial charge in [-0.05, 0) is 28.8 Å². The van der Waals surface area contributed by atoms with E-state index in [4.69, 9.17) is 14.2 Å². The molecule has 1 aromatic heterocycles. The normalized spacial score (nSPS) is 10.6. The van der Waals surface area contributed by atoms with Gasteiger partial charge in [0.25, 0.3) is 0 Å². The molecule has 0 unspecified atom stereocenters. The molecule has 0 aliphatic rings. The van der Waals surface area contributed by atoms with Crippen molar-refractivity contribution in [2.75, 3.05) is 26.6 Å².